The van der Waals surface area contributed by atoms with Crippen molar-refractivity contribution in [1.29, 1.82) is 0 Å². The van der Waals surface area contributed by atoms with Gasteiger partial charge in [-0.25, -0.2) is 0 Å². The first kappa shape index (κ1) is 13.6. The van der Waals surface area contributed by atoms with Crippen molar-refractivity contribution >= 4 is 33.0 Å². The molecule has 0 saturated carbocycles. The molecule has 0 bridgehead atoms. The minimum Gasteiger partial charge on any atom is -0.389 e. The van der Waals surface area contributed by atoms with E-state index >= 15 is 0 Å². The summed E-state index contributed by atoms with van der Waals surface area (Å²) in [6.45, 7) is 2.65. The molecule has 0 fully saturated rings. The highest BCUT2D eigenvalue weighted by Gasteiger charge is 2.12. The van der Waals surface area contributed by atoms with E-state index in [0.717, 1.165) is 22.3 Å². The lowest BCUT2D eigenvalue weighted by Crippen LogP contribution is -2.18. The fourth-order valence-corrected chi connectivity index (χ4v) is 3.03. The van der Waals surface area contributed by atoms with Crippen LogP contribution in [-0.2, 0) is 6.54 Å². The molecule has 0 aliphatic heterocycles. The van der Waals surface area contributed by atoms with Crippen LogP contribution < -0.4 is 4.90 Å². The number of hydrogen-bond donors (Lipinski definition) is 1. The number of halogens is 1. The quantitative estimate of drug-likeness (QED) is 0.910. The Balaban J connectivity index is 2.28. The number of hydrogen-bond acceptors (Lipinski definition) is 3. The van der Waals surface area contributed by atoms with E-state index in [4.69, 9.17) is 0 Å². The molecule has 1 heterocycles. The van der Waals surface area contributed by atoms with Gasteiger partial charge in [-0.1, -0.05) is 28.1 Å². The maximum Gasteiger partial charge on any atom is 0.0782 e. The smallest absolute Gasteiger partial charge is 0.0782 e. The molecular formula is C14H16BrNOS. The summed E-state index contributed by atoms with van der Waals surface area (Å²) in [6, 6.07) is 10.2. The zero-order valence-electron chi connectivity index (χ0n) is 10.4. The van der Waals surface area contributed by atoms with Gasteiger partial charge in [-0.3, -0.25) is 0 Å². The van der Waals surface area contributed by atoms with Crippen molar-refractivity contribution in [2.24, 2.45) is 0 Å². The van der Waals surface area contributed by atoms with Gasteiger partial charge in [0.1, 0.15) is 0 Å². The third kappa shape index (κ3) is 3.13. The molecule has 18 heavy (non-hydrogen) atoms. The summed E-state index contributed by atoms with van der Waals surface area (Å²) in [4.78, 5) is 3.48. The molecule has 0 aliphatic carbocycles. The predicted octanol–water partition coefficient (Wildman–Crippen LogP) is 4.20. The average Bonchev–Trinajstić information content (AvgIpc) is 2.81. The van der Waals surface area contributed by atoms with Crippen LogP contribution in [0.25, 0.3) is 0 Å². The Morgan fingerprint density at radius 1 is 1.39 bits per heavy atom. The Kier molecular flexibility index (Phi) is 4.43. The molecule has 2 nitrogen and oxygen atoms in total. The van der Waals surface area contributed by atoms with E-state index in [1.807, 2.05) is 19.2 Å². The summed E-state index contributed by atoms with van der Waals surface area (Å²) >= 11 is 5.23. The lowest BCUT2D eigenvalue weighted by molar-refractivity contribution is 0.199. The minimum atomic E-state index is -0.459. The number of rotatable bonds is 4. The third-order valence-electron chi connectivity index (χ3n) is 2.83. The normalized spacial score (nSPS) is 12.4. The molecule has 2 aromatic rings. The lowest BCUT2D eigenvalue weighted by atomic mass is 10.1. The first-order chi connectivity index (χ1) is 8.58. The summed E-state index contributed by atoms with van der Waals surface area (Å²) in [5, 5.41) is 11.9. The molecule has 1 atom stereocenters. The topological polar surface area (TPSA) is 23.5 Å². The van der Waals surface area contributed by atoms with E-state index in [1.165, 1.54) is 4.88 Å². The zero-order chi connectivity index (χ0) is 13.1. The molecule has 0 aliphatic rings. The first-order valence-electron chi connectivity index (χ1n) is 5.79. The van der Waals surface area contributed by atoms with Crippen LogP contribution in [0.5, 0.6) is 0 Å². The highest BCUT2D eigenvalue weighted by Crippen LogP contribution is 2.30. The van der Waals surface area contributed by atoms with Crippen LogP contribution in [0.4, 0.5) is 5.69 Å². The summed E-state index contributed by atoms with van der Waals surface area (Å²) in [5.74, 6) is 0. The van der Waals surface area contributed by atoms with Crippen LogP contribution in [0, 0.1) is 0 Å². The highest BCUT2D eigenvalue weighted by molar-refractivity contribution is 9.10. The standard InChI is InChI=1S/C14H16BrNOS/c1-10(17)13-6-5-11(15)8-14(13)16(2)9-12-4-3-7-18-12/h3-8,10,17H,9H2,1-2H3. The van der Waals surface area contributed by atoms with Crippen molar-refractivity contribution < 1.29 is 5.11 Å². The van der Waals surface area contributed by atoms with E-state index in [1.54, 1.807) is 18.3 Å². The van der Waals surface area contributed by atoms with Crippen LogP contribution in [0.3, 0.4) is 0 Å². The maximum atomic E-state index is 9.83. The van der Waals surface area contributed by atoms with Gasteiger partial charge in [-0.05, 0) is 30.5 Å². The van der Waals surface area contributed by atoms with E-state index < -0.39 is 6.10 Å². The van der Waals surface area contributed by atoms with Gasteiger partial charge in [0, 0.05) is 27.6 Å². The van der Waals surface area contributed by atoms with Gasteiger partial charge in [0.25, 0.3) is 0 Å². The molecule has 0 amide bonds. The van der Waals surface area contributed by atoms with Gasteiger partial charge >= 0.3 is 0 Å². The number of thiophene rings is 1. The van der Waals surface area contributed by atoms with Gasteiger partial charge in [0.05, 0.1) is 12.6 Å². The van der Waals surface area contributed by atoms with Crippen molar-refractivity contribution in [2.45, 2.75) is 19.6 Å². The summed E-state index contributed by atoms with van der Waals surface area (Å²) in [6.07, 6.45) is -0.459. The van der Waals surface area contributed by atoms with Crippen molar-refractivity contribution in [3.8, 4) is 0 Å². The molecule has 1 aromatic carbocycles. The zero-order valence-corrected chi connectivity index (χ0v) is 12.8. The van der Waals surface area contributed by atoms with Gasteiger partial charge < -0.3 is 10.0 Å². The van der Waals surface area contributed by atoms with E-state index in [-0.39, 0.29) is 0 Å². The fraction of sp³-hybridized carbons (Fsp3) is 0.286. The van der Waals surface area contributed by atoms with Gasteiger partial charge in [-0.15, -0.1) is 11.3 Å². The Morgan fingerprint density at radius 3 is 2.78 bits per heavy atom. The van der Waals surface area contributed by atoms with E-state index in [9.17, 15) is 5.11 Å². The number of anilines is 1. The molecule has 1 aromatic heterocycles. The summed E-state index contributed by atoms with van der Waals surface area (Å²) < 4.78 is 1.03. The highest BCUT2D eigenvalue weighted by atomic mass is 79.9. The molecule has 4 heteroatoms. The van der Waals surface area contributed by atoms with Crippen molar-refractivity contribution in [3.05, 3.63) is 50.6 Å². The molecule has 96 valence electrons. The number of benzene rings is 1. The predicted molar refractivity (Wildman–Crippen MR) is 81.2 cm³/mol. The van der Waals surface area contributed by atoms with E-state index in [2.05, 4.69) is 44.4 Å². The SMILES string of the molecule is CC(O)c1ccc(Br)cc1N(C)Cc1cccs1. The fourth-order valence-electron chi connectivity index (χ4n) is 1.92. The molecular weight excluding hydrogens is 310 g/mol. The Hall–Kier alpha value is -0.840. The molecule has 0 radical (unpaired) electrons. The summed E-state index contributed by atoms with van der Waals surface area (Å²) in [7, 11) is 2.05. The summed E-state index contributed by atoms with van der Waals surface area (Å²) in [5.41, 5.74) is 2.02. The minimum absolute atomic E-state index is 0.459. The number of aliphatic hydroxyl groups excluding tert-OH is 1. The van der Waals surface area contributed by atoms with Crippen LogP contribution >= 0.6 is 27.3 Å². The lowest BCUT2D eigenvalue weighted by Gasteiger charge is -2.23. The van der Waals surface area contributed by atoms with Crippen molar-refractivity contribution in [2.75, 3.05) is 11.9 Å². The second kappa shape index (κ2) is 5.87. The molecule has 0 spiro atoms. The molecule has 1 unspecified atom stereocenters. The molecule has 2 rings (SSSR count). The van der Waals surface area contributed by atoms with Crippen LogP contribution in [0.2, 0.25) is 0 Å². The Labute approximate surface area is 120 Å². The molecule has 0 saturated heterocycles. The Bertz CT molecular complexity index is 511. The van der Waals surface area contributed by atoms with Crippen LogP contribution in [0.1, 0.15) is 23.5 Å². The average molecular weight is 326 g/mol. The van der Waals surface area contributed by atoms with Crippen LogP contribution in [-0.4, -0.2) is 12.2 Å². The van der Waals surface area contributed by atoms with Gasteiger partial charge in [0.2, 0.25) is 0 Å². The van der Waals surface area contributed by atoms with Gasteiger partial charge in [0.15, 0.2) is 0 Å². The monoisotopic (exact) mass is 325 g/mol. The molecule has 1 N–H and O–H groups in total. The number of nitrogens with zero attached hydrogens (tertiary/aromatic N) is 1. The second-order valence-corrected chi connectivity index (χ2v) is 6.26. The number of aliphatic hydroxyl groups is 1. The Morgan fingerprint density at radius 2 is 2.17 bits per heavy atom. The van der Waals surface area contributed by atoms with E-state index in [0.29, 0.717) is 0 Å². The van der Waals surface area contributed by atoms with Crippen molar-refractivity contribution in [3.63, 3.8) is 0 Å². The van der Waals surface area contributed by atoms with Gasteiger partial charge in [-0.2, -0.15) is 0 Å². The largest absolute Gasteiger partial charge is 0.389 e. The third-order valence-corrected chi connectivity index (χ3v) is 4.18. The van der Waals surface area contributed by atoms with Crippen molar-refractivity contribution in [1.82, 2.24) is 0 Å². The second-order valence-electron chi connectivity index (χ2n) is 4.31. The maximum absolute atomic E-state index is 9.83. The first-order valence-corrected chi connectivity index (χ1v) is 7.46. The van der Waals surface area contributed by atoms with Crippen LogP contribution in [0.15, 0.2) is 40.2 Å².